The molecule has 0 saturated heterocycles. The Balaban J connectivity index is 3.00. The quantitative estimate of drug-likeness (QED) is 0.728. The molecule has 1 heteroatoms. The zero-order valence-corrected chi connectivity index (χ0v) is 10.0. The van der Waals surface area contributed by atoms with Gasteiger partial charge in [-0.15, -0.1) is 0 Å². The van der Waals surface area contributed by atoms with E-state index in [2.05, 4.69) is 38.6 Å². The molecule has 0 amide bonds. The first-order valence-electron chi connectivity index (χ1n) is 5.39. The molecule has 2 aromatic rings. The predicted octanol–water partition coefficient (Wildman–Crippen LogP) is 4.11. The minimum atomic E-state index is 0.936. The third-order valence-corrected chi connectivity index (χ3v) is 3.18. The fourth-order valence-corrected chi connectivity index (χ4v) is 2.21. The molecule has 0 aromatic heterocycles. The molecule has 0 unspecified atom stereocenters. The van der Waals surface area contributed by atoms with Gasteiger partial charge < -0.3 is 4.74 Å². The van der Waals surface area contributed by atoms with Crippen molar-refractivity contribution in [1.29, 1.82) is 0 Å². The van der Waals surface area contributed by atoms with Gasteiger partial charge in [0.1, 0.15) is 5.75 Å². The van der Waals surface area contributed by atoms with Crippen LogP contribution >= 0.6 is 0 Å². The van der Waals surface area contributed by atoms with Gasteiger partial charge in [0.25, 0.3) is 0 Å². The number of ether oxygens (including phenoxy) is 1. The summed E-state index contributed by atoms with van der Waals surface area (Å²) in [5.41, 5.74) is 3.55. The van der Waals surface area contributed by atoms with E-state index in [0.717, 1.165) is 11.3 Å². The lowest BCUT2D eigenvalue weighted by Gasteiger charge is -2.15. The zero-order chi connectivity index (χ0) is 11.7. The van der Waals surface area contributed by atoms with Gasteiger partial charge in [-0.2, -0.15) is 0 Å². The van der Waals surface area contributed by atoms with Crippen molar-refractivity contribution in [1.82, 2.24) is 0 Å². The molecule has 0 aliphatic carbocycles. The van der Waals surface area contributed by atoms with Gasteiger partial charge in [0, 0.05) is 5.56 Å². The molecule has 1 nitrogen and oxygen atoms in total. The Morgan fingerprint density at radius 1 is 1.06 bits per heavy atom. The number of fused-ring (bicyclic) bond motifs is 1. The van der Waals surface area contributed by atoms with Gasteiger partial charge in [0.2, 0.25) is 0 Å². The molecule has 0 spiro atoms. The smallest absolute Gasteiger partial charge is 0.129 e. The molecule has 0 saturated carbocycles. The summed E-state index contributed by atoms with van der Waals surface area (Å²) in [4.78, 5) is 0. The van der Waals surface area contributed by atoms with Gasteiger partial charge in [-0.3, -0.25) is 0 Å². The highest BCUT2D eigenvalue weighted by molar-refractivity contribution is 5.96. The van der Waals surface area contributed by atoms with Crippen LogP contribution in [0, 0.1) is 13.8 Å². The zero-order valence-electron chi connectivity index (χ0n) is 10.0. The Hall–Kier alpha value is -1.76. The van der Waals surface area contributed by atoms with Gasteiger partial charge in [-0.05, 0) is 35.7 Å². The minimum Gasteiger partial charge on any atom is -0.496 e. The standard InChI is InChI=1S/C15H16O/c1-5-12-14-9-7-6-8-13(14)10(2)11(3)15(12)16-4/h5-9H,1H2,2-4H3. The molecular formula is C15H16O. The number of methoxy groups -OCH3 is 1. The van der Waals surface area contributed by atoms with E-state index in [1.165, 1.54) is 21.9 Å². The van der Waals surface area contributed by atoms with Gasteiger partial charge in [0.15, 0.2) is 0 Å². The number of hydrogen-bond acceptors (Lipinski definition) is 1. The van der Waals surface area contributed by atoms with Crippen LogP contribution in [0.25, 0.3) is 16.8 Å². The van der Waals surface area contributed by atoms with Gasteiger partial charge in [0.05, 0.1) is 7.11 Å². The van der Waals surface area contributed by atoms with E-state index < -0.39 is 0 Å². The normalized spacial score (nSPS) is 10.4. The average molecular weight is 212 g/mol. The van der Waals surface area contributed by atoms with E-state index in [-0.39, 0.29) is 0 Å². The van der Waals surface area contributed by atoms with Gasteiger partial charge in [-0.1, -0.05) is 36.9 Å². The molecule has 2 aromatic carbocycles. The van der Waals surface area contributed by atoms with Crippen molar-refractivity contribution in [2.45, 2.75) is 13.8 Å². The first kappa shape index (κ1) is 10.7. The molecular weight excluding hydrogens is 196 g/mol. The van der Waals surface area contributed by atoms with E-state index in [1.807, 2.05) is 12.1 Å². The lowest BCUT2D eigenvalue weighted by atomic mass is 9.95. The summed E-state index contributed by atoms with van der Waals surface area (Å²) < 4.78 is 5.48. The molecule has 0 fully saturated rings. The molecule has 2 rings (SSSR count). The first-order chi connectivity index (χ1) is 7.70. The maximum absolute atomic E-state index is 5.48. The van der Waals surface area contributed by atoms with Gasteiger partial charge >= 0.3 is 0 Å². The second-order valence-corrected chi connectivity index (χ2v) is 3.95. The maximum atomic E-state index is 5.48. The average Bonchev–Trinajstić information content (AvgIpc) is 2.33. The van der Waals surface area contributed by atoms with Crippen molar-refractivity contribution in [3.8, 4) is 5.75 Å². The molecule has 0 N–H and O–H groups in total. The lowest BCUT2D eigenvalue weighted by molar-refractivity contribution is 0.411. The van der Waals surface area contributed by atoms with Crippen molar-refractivity contribution in [2.24, 2.45) is 0 Å². The fraction of sp³-hybridized carbons (Fsp3) is 0.200. The van der Waals surface area contributed by atoms with Crippen molar-refractivity contribution in [3.63, 3.8) is 0 Å². The molecule has 0 bridgehead atoms. The van der Waals surface area contributed by atoms with Gasteiger partial charge in [-0.25, -0.2) is 0 Å². The van der Waals surface area contributed by atoms with Crippen LogP contribution in [-0.2, 0) is 0 Å². The first-order valence-corrected chi connectivity index (χ1v) is 5.39. The highest BCUT2D eigenvalue weighted by Gasteiger charge is 2.12. The number of benzene rings is 2. The van der Waals surface area contributed by atoms with E-state index in [9.17, 15) is 0 Å². The van der Waals surface area contributed by atoms with E-state index in [4.69, 9.17) is 4.74 Å². The number of hydrogen-bond donors (Lipinski definition) is 0. The third-order valence-electron chi connectivity index (χ3n) is 3.18. The van der Waals surface area contributed by atoms with E-state index in [1.54, 1.807) is 7.11 Å². The van der Waals surface area contributed by atoms with Crippen LogP contribution in [0.2, 0.25) is 0 Å². The molecule has 0 heterocycles. The van der Waals surface area contributed by atoms with Crippen molar-refractivity contribution >= 4 is 16.8 Å². The molecule has 16 heavy (non-hydrogen) atoms. The monoisotopic (exact) mass is 212 g/mol. The number of aryl methyl sites for hydroxylation is 1. The Bertz CT molecular complexity index is 553. The second kappa shape index (κ2) is 4.01. The van der Waals surface area contributed by atoms with E-state index >= 15 is 0 Å². The highest BCUT2D eigenvalue weighted by Crippen LogP contribution is 2.35. The molecule has 0 aliphatic rings. The minimum absolute atomic E-state index is 0.936. The maximum Gasteiger partial charge on any atom is 0.129 e. The SMILES string of the molecule is C=Cc1c(OC)c(C)c(C)c2ccccc12. The summed E-state index contributed by atoms with van der Waals surface area (Å²) in [7, 11) is 1.71. The van der Waals surface area contributed by atoms with Crippen LogP contribution in [0.1, 0.15) is 16.7 Å². The Kier molecular flexibility index (Phi) is 2.69. The summed E-state index contributed by atoms with van der Waals surface area (Å²) >= 11 is 0. The largest absolute Gasteiger partial charge is 0.496 e. The van der Waals surface area contributed by atoms with Crippen LogP contribution in [-0.4, -0.2) is 7.11 Å². The summed E-state index contributed by atoms with van der Waals surface area (Å²) in [5.74, 6) is 0.936. The van der Waals surface area contributed by atoms with Crippen LogP contribution in [0.15, 0.2) is 30.8 Å². The van der Waals surface area contributed by atoms with Crippen LogP contribution in [0.5, 0.6) is 5.75 Å². The summed E-state index contributed by atoms with van der Waals surface area (Å²) in [6.07, 6.45) is 1.87. The lowest BCUT2D eigenvalue weighted by Crippen LogP contribution is -1.95. The van der Waals surface area contributed by atoms with Crippen LogP contribution in [0.3, 0.4) is 0 Å². The van der Waals surface area contributed by atoms with Crippen molar-refractivity contribution in [3.05, 3.63) is 47.5 Å². The van der Waals surface area contributed by atoms with Crippen LogP contribution < -0.4 is 4.74 Å². The Morgan fingerprint density at radius 2 is 1.69 bits per heavy atom. The molecule has 82 valence electrons. The second-order valence-electron chi connectivity index (χ2n) is 3.95. The Morgan fingerprint density at radius 3 is 2.25 bits per heavy atom. The summed E-state index contributed by atoms with van der Waals surface area (Å²) in [6, 6.07) is 8.36. The number of rotatable bonds is 2. The highest BCUT2D eigenvalue weighted by atomic mass is 16.5. The summed E-state index contributed by atoms with van der Waals surface area (Å²) in [5, 5.41) is 2.48. The summed E-state index contributed by atoms with van der Waals surface area (Å²) in [6.45, 7) is 8.10. The predicted molar refractivity (Wildman–Crippen MR) is 70.1 cm³/mol. The topological polar surface area (TPSA) is 9.23 Å². The molecule has 0 atom stereocenters. The van der Waals surface area contributed by atoms with Crippen LogP contribution in [0.4, 0.5) is 0 Å². The van der Waals surface area contributed by atoms with Crippen molar-refractivity contribution < 1.29 is 4.74 Å². The Labute approximate surface area is 96.4 Å². The molecule has 0 aliphatic heterocycles. The molecule has 0 radical (unpaired) electrons. The fourth-order valence-electron chi connectivity index (χ4n) is 2.21. The van der Waals surface area contributed by atoms with E-state index in [0.29, 0.717) is 0 Å². The van der Waals surface area contributed by atoms with Crippen molar-refractivity contribution in [2.75, 3.05) is 7.11 Å². The third kappa shape index (κ3) is 1.40.